The summed E-state index contributed by atoms with van der Waals surface area (Å²) < 4.78 is 0. The second kappa shape index (κ2) is 7.25. The monoisotopic (exact) mass is 275 g/mol. The van der Waals surface area contributed by atoms with E-state index in [1.54, 1.807) is 6.07 Å². The molecule has 0 heterocycles. The Morgan fingerprint density at radius 1 is 1.35 bits per heavy atom. The lowest BCUT2D eigenvalue weighted by Crippen LogP contribution is -2.11. The Hall–Kier alpha value is -1.13. The molecule has 0 saturated carbocycles. The molecule has 0 aliphatic rings. The predicted octanol–water partition coefficient (Wildman–Crippen LogP) is 3.32. The van der Waals surface area contributed by atoms with E-state index in [-0.39, 0.29) is 5.84 Å². The molecule has 4 N–H and O–H groups in total. The summed E-state index contributed by atoms with van der Waals surface area (Å²) in [6, 6.07) is 5.46. The highest BCUT2D eigenvalue weighted by molar-refractivity contribution is 6.43. The molecule has 0 atom stereocenters. The summed E-state index contributed by atoms with van der Waals surface area (Å²) in [5.74, 6) is 0.255. The number of nitrogens with zero attached hydrogens (tertiary/aromatic N) is 1. The third-order valence-corrected chi connectivity index (χ3v) is 3.07. The molecule has 0 radical (unpaired) electrons. The number of benzene rings is 1. The van der Waals surface area contributed by atoms with Crippen LogP contribution in [0.2, 0.25) is 10.0 Å². The van der Waals surface area contributed by atoms with Gasteiger partial charge in [-0.05, 0) is 25.0 Å². The first-order valence-corrected chi connectivity index (χ1v) is 6.05. The molecule has 4 nitrogen and oxygen atoms in total. The van der Waals surface area contributed by atoms with E-state index in [9.17, 15) is 0 Å². The van der Waals surface area contributed by atoms with Gasteiger partial charge in [0, 0.05) is 13.0 Å². The minimum Gasteiger partial charge on any atom is -0.409 e. The maximum Gasteiger partial charge on any atom is 0.139 e. The number of oxime groups is 1. The van der Waals surface area contributed by atoms with Crippen LogP contribution in [0.3, 0.4) is 0 Å². The molecule has 1 aromatic carbocycles. The normalized spacial score (nSPS) is 11.5. The van der Waals surface area contributed by atoms with Crippen LogP contribution in [0.5, 0.6) is 0 Å². The molecule has 0 aliphatic carbocycles. The van der Waals surface area contributed by atoms with Crippen LogP contribution in [0.15, 0.2) is 23.4 Å². The van der Waals surface area contributed by atoms with Crippen molar-refractivity contribution in [2.75, 3.05) is 11.9 Å². The van der Waals surface area contributed by atoms with Crippen LogP contribution >= 0.6 is 23.2 Å². The molecule has 6 heteroatoms. The topological polar surface area (TPSA) is 70.6 Å². The molecule has 0 aliphatic heterocycles. The van der Waals surface area contributed by atoms with Gasteiger partial charge in [-0.1, -0.05) is 34.4 Å². The Bertz CT molecular complexity index is 396. The van der Waals surface area contributed by atoms with E-state index in [4.69, 9.17) is 34.1 Å². The second-order valence-corrected chi connectivity index (χ2v) is 4.36. The predicted molar refractivity (Wildman–Crippen MR) is 72.2 cm³/mol. The van der Waals surface area contributed by atoms with Gasteiger partial charge in [0.25, 0.3) is 0 Å². The van der Waals surface area contributed by atoms with Gasteiger partial charge in [0.1, 0.15) is 5.84 Å². The molecular weight excluding hydrogens is 261 g/mol. The maximum atomic E-state index is 8.35. The van der Waals surface area contributed by atoms with E-state index in [0.29, 0.717) is 16.5 Å². The van der Waals surface area contributed by atoms with Crippen molar-refractivity contribution in [1.82, 2.24) is 0 Å². The standard InChI is InChI=1S/C11H15Cl2N3O/c12-8-4-3-5-9(11(8)13)15-7-2-1-6-10(14)16-17/h3-5,15,17H,1-2,6-7H2,(H2,14,16). The van der Waals surface area contributed by atoms with Gasteiger partial charge in [-0.3, -0.25) is 0 Å². The molecule has 0 amide bonds. The number of hydrogen-bond acceptors (Lipinski definition) is 3. The van der Waals surface area contributed by atoms with Crippen molar-refractivity contribution in [3.8, 4) is 0 Å². The van der Waals surface area contributed by atoms with Gasteiger partial charge in [-0.25, -0.2) is 0 Å². The summed E-state index contributed by atoms with van der Waals surface area (Å²) in [6.07, 6.45) is 2.33. The summed E-state index contributed by atoms with van der Waals surface area (Å²) in [7, 11) is 0. The van der Waals surface area contributed by atoms with Gasteiger partial charge in [0.05, 0.1) is 15.7 Å². The average Bonchev–Trinajstić information content (AvgIpc) is 2.33. The van der Waals surface area contributed by atoms with Crippen LogP contribution < -0.4 is 11.1 Å². The first-order valence-electron chi connectivity index (χ1n) is 5.29. The van der Waals surface area contributed by atoms with E-state index in [1.807, 2.05) is 12.1 Å². The fourth-order valence-electron chi connectivity index (χ4n) is 1.34. The number of unbranched alkanes of at least 4 members (excludes halogenated alkanes) is 1. The zero-order chi connectivity index (χ0) is 12.7. The molecule has 1 rings (SSSR count). The van der Waals surface area contributed by atoms with Crippen LogP contribution in [-0.2, 0) is 0 Å². The van der Waals surface area contributed by atoms with Crippen LogP contribution in [0.4, 0.5) is 5.69 Å². The van der Waals surface area contributed by atoms with E-state index in [2.05, 4.69) is 10.5 Å². The number of rotatable bonds is 6. The molecular formula is C11H15Cl2N3O. The fraction of sp³-hybridized carbons (Fsp3) is 0.364. The molecule has 0 bridgehead atoms. The SMILES string of the molecule is NC(CCCCNc1cccc(Cl)c1Cl)=NO. The summed E-state index contributed by atoms with van der Waals surface area (Å²) in [5, 5.41) is 15.5. The van der Waals surface area contributed by atoms with Gasteiger partial charge < -0.3 is 16.3 Å². The zero-order valence-corrected chi connectivity index (χ0v) is 10.8. The molecule has 17 heavy (non-hydrogen) atoms. The van der Waals surface area contributed by atoms with Gasteiger partial charge in [-0.2, -0.15) is 0 Å². The molecule has 0 aromatic heterocycles. The fourth-order valence-corrected chi connectivity index (χ4v) is 1.71. The number of hydrogen-bond donors (Lipinski definition) is 3. The molecule has 0 fully saturated rings. The Kier molecular flexibility index (Phi) is 5.94. The van der Waals surface area contributed by atoms with Gasteiger partial charge in [-0.15, -0.1) is 0 Å². The third kappa shape index (κ3) is 4.71. The third-order valence-electron chi connectivity index (χ3n) is 2.26. The number of halogens is 2. The summed E-state index contributed by atoms with van der Waals surface area (Å²) in [5.41, 5.74) is 6.17. The van der Waals surface area contributed by atoms with E-state index < -0.39 is 0 Å². The lowest BCUT2D eigenvalue weighted by molar-refractivity contribution is 0.316. The molecule has 0 saturated heterocycles. The Morgan fingerprint density at radius 3 is 2.82 bits per heavy atom. The number of nitrogens with one attached hydrogen (secondary N) is 1. The van der Waals surface area contributed by atoms with Crippen molar-refractivity contribution in [2.24, 2.45) is 10.9 Å². The van der Waals surface area contributed by atoms with Crippen molar-refractivity contribution in [3.05, 3.63) is 28.2 Å². The maximum absolute atomic E-state index is 8.35. The van der Waals surface area contributed by atoms with Crippen molar-refractivity contribution in [1.29, 1.82) is 0 Å². The molecule has 1 aromatic rings. The summed E-state index contributed by atoms with van der Waals surface area (Å²) >= 11 is 11.9. The Balaban J connectivity index is 2.29. The van der Waals surface area contributed by atoms with Crippen molar-refractivity contribution in [2.45, 2.75) is 19.3 Å². The highest BCUT2D eigenvalue weighted by Gasteiger charge is 2.02. The minimum atomic E-state index is 0.255. The highest BCUT2D eigenvalue weighted by atomic mass is 35.5. The smallest absolute Gasteiger partial charge is 0.139 e. The number of anilines is 1. The number of amidine groups is 1. The van der Waals surface area contributed by atoms with Crippen LogP contribution in [0, 0.1) is 0 Å². The van der Waals surface area contributed by atoms with Crippen molar-refractivity contribution < 1.29 is 5.21 Å². The summed E-state index contributed by atoms with van der Waals surface area (Å²) in [6.45, 7) is 0.763. The largest absolute Gasteiger partial charge is 0.409 e. The lowest BCUT2D eigenvalue weighted by atomic mass is 10.2. The summed E-state index contributed by atoms with van der Waals surface area (Å²) in [4.78, 5) is 0. The van der Waals surface area contributed by atoms with Crippen molar-refractivity contribution >= 4 is 34.7 Å². The average molecular weight is 276 g/mol. The Labute approximate surface area is 110 Å². The molecule has 94 valence electrons. The quantitative estimate of drug-likeness (QED) is 0.245. The Morgan fingerprint density at radius 2 is 2.12 bits per heavy atom. The van der Waals surface area contributed by atoms with Crippen LogP contribution in [0.25, 0.3) is 0 Å². The second-order valence-electron chi connectivity index (χ2n) is 3.58. The van der Waals surface area contributed by atoms with Crippen LogP contribution in [-0.4, -0.2) is 17.6 Å². The minimum absolute atomic E-state index is 0.255. The highest BCUT2D eigenvalue weighted by Crippen LogP contribution is 2.29. The van der Waals surface area contributed by atoms with Crippen LogP contribution in [0.1, 0.15) is 19.3 Å². The molecule has 0 unspecified atom stereocenters. The van der Waals surface area contributed by atoms with Gasteiger partial charge >= 0.3 is 0 Å². The first kappa shape index (κ1) is 13.9. The number of nitrogens with two attached hydrogens (primary N) is 1. The first-order chi connectivity index (χ1) is 8.15. The molecule has 0 spiro atoms. The van der Waals surface area contributed by atoms with E-state index >= 15 is 0 Å². The lowest BCUT2D eigenvalue weighted by Gasteiger charge is -2.08. The van der Waals surface area contributed by atoms with Crippen molar-refractivity contribution in [3.63, 3.8) is 0 Å². The van der Waals surface area contributed by atoms with Gasteiger partial charge in [0.15, 0.2) is 0 Å². The zero-order valence-electron chi connectivity index (χ0n) is 9.29. The van der Waals surface area contributed by atoms with E-state index in [0.717, 1.165) is 25.1 Å². The van der Waals surface area contributed by atoms with E-state index in [1.165, 1.54) is 0 Å². The van der Waals surface area contributed by atoms with Gasteiger partial charge in [0.2, 0.25) is 0 Å².